The number of allylic oxidation sites excluding steroid dienone is 1. The van der Waals surface area contributed by atoms with Crippen LogP contribution in [0.3, 0.4) is 0 Å². The van der Waals surface area contributed by atoms with Crippen LogP contribution >= 0.6 is 0 Å². The number of carbonyl (C=O) groups is 1. The highest BCUT2D eigenvalue weighted by Crippen LogP contribution is 2.63. The Bertz CT molecular complexity index is 1210. The average molecular weight is 640 g/mol. The minimum absolute atomic E-state index is 2.70. The molecule has 0 heterocycles. The summed E-state index contributed by atoms with van der Waals surface area (Å²) < 4.78 is 280. The van der Waals surface area contributed by atoms with Crippen LogP contribution in [0.25, 0.3) is 0 Å². The lowest BCUT2D eigenvalue weighted by Crippen LogP contribution is -2.72. The largest absolute Gasteiger partial charge is 0.477 e. The Hall–Kier alpha value is -3.24. The van der Waals surface area contributed by atoms with E-state index in [-0.39, 0.29) is 0 Å². The number of aromatic carboxylic acids is 1. The van der Waals surface area contributed by atoms with Gasteiger partial charge in [0.1, 0.15) is 5.56 Å². The summed E-state index contributed by atoms with van der Waals surface area (Å²) in [6, 6.07) is -4.42. The lowest BCUT2D eigenvalue weighted by Gasteiger charge is -2.41. The van der Waals surface area contributed by atoms with Gasteiger partial charge in [0, 0.05) is 0 Å². The number of carboxylic acids is 1. The van der Waals surface area contributed by atoms with Crippen LogP contribution in [-0.2, 0) is 0 Å². The van der Waals surface area contributed by atoms with E-state index in [4.69, 9.17) is 5.11 Å². The van der Waals surface area contributed by atoms with Crippen molar-refractivity contribution >= 4 is 5.97 Å². The van der Waals surface area contributed by atoms with Crippen molar-refractivity contribution in [2.45, 2.75) is 41.7 Å². The van der Waals surface area contributed by atoms with Gasteiger partial charge in [0.25, 0.3) is 0 Å². The SMILES string of the molecule is O=C(O)c1c(F)c(F)c(F)c(OC(F)=C(F)C(F)(F)C(F)(F)C(F)(F)C(F)(F)C(F)(F)C(F)(F)C(F)(F)F)c1F. The fraction of sp³-hybridized carbons (Fsp3) is 0.438. The van der Waals surface area contributed by atoms with Gasteiger partial charge in [-0.15, -0.1) is 0 Å². The van der Waals surface area contributed by atoms with E-state index in [0.717, 1.165) is 0 Å². The molecule has 3 nitrogen and oxygen atoms in total. The van der Waals surface area contributed by atoms with Crippen molar-refractivity contribution in [1.29, 1.82) is 0 Å². The van der Waals surface area contributed by atoms with Gasteiger partial charge in [0.15, 0.2) is 17.5 Å². The van der Waals surface area contributed by atoms with Gasteiger partial charge in [-0.2, -0.15) is 79.0 Å². The summed E-state index contributed by atoms with van der Waals surface area (Å²) in [5.41, 5.74) is -2.70. The van der Waals surface area contributed by atoms with Gasteiger partial charge >= 0.3 is 53.7 Å². The van der Waals surface area contributed by atoms with Crippen molar-refractivity contribution in [2.24, 2.45) is 0 Å². The van der Waals surface area contributed by atoms with Crippen LogP contribution < -0.4 is 4.74 Å². The second kappa shape index (κ2) is 9.69. The highest BCUT2D eigenvalue weighted by atomic mass is 19.4. The van der Waals surface area contributed by atoms with Crippen LogP contribution in [0.5, 0.6) is 5.75 Å². The Morgan fingerprint density at radius 1 is 0.550 bits per heavy atom. The third-order valence-electron chi connectivity index (χ3n) is 4.40. The third-order valence-corrected chi connectivity index (χ3v) is 4.40. The molecule has 0 aromatic heterocycles. The number of carboxylic acid groups (broad SMARTS) is 1. The normalized spacial score (nSPS) is 15.2. The second-order valence-electron chi connectivity index (χ2n) is 6.90. The summed E-state index contributed by atoms with van der Waals surface area (Å²) in [4.78, 5) is 10.6. The zero-order valence-electron chi connectivity index (χ0n) is 17.2. The molecule has 0 aliphatic rings. The number of halogens is 21. The lowest BCUT2D eigenvalue weighted by atomic mass is 9.91. The summed E-state index contributed by atoms with van der Waals surface area (Å²) in [6.07, 6.45) is -7.95. The van der Waals surface area contributed by atoms with E-state index in [1.807, 2.05) is 0 Å². The number of alkyl halides is 15. The molecule has 230 valence electrons. The van der Waals surface area contributed by atoms with E-state index >= 15 is 0 Å². The van der Waals surface area contributed by atoms with Crippen molar-refractivity contribution in [2.75, 3.05) is 0 Å². The maximum Gasteiger partial charge on any atom is 0.460 e. The molecule has 0 saturated carbocycles. The van der Waals surface area contributed by atoms with Gasteiger partial charge in [-0.1, -0.05) is 0 Å². The monoisotopic (exact) mass is 640 g/mol. The molecule has 0 radical (unpaired) electrons. The fourth-order valence-electron chi connectivity index (χ4n) is 2.25. The molecule has 0 aliphatic carbocycles. The molecule has 0 aliphatic heterocycles. The molecule has 0 fully saturated rings. The van der Waals surface area contributed by atoms with Crippen molar-refractivity contribution in [3.05, 3.63) is 40.7 Å². The first kappa shape index (κ1) is 34.8. The van der Waals surface area contributed by atoms with Crippen LogP contribution in [0, 0.1) is 23.3 Å². The summed E-state index contributed by atoms with van der Waals surface area (Å²) in [5, 5.41) is 8.44. The first-order valence-corrected chi connectivity index (χ1v) is 8.55. The van der Waals surface area contributed by atoms with Gasteiger partial charge in [-0.05, 0) is 0 Å². The van der Waals surface area contributed by atoms with E-state index < -0.39 is 94.1 Å². The maximum absolute atomic E-state index is 13.8. The number of ether oxygens (including phenoxy) is 1. The van der Waals surface area contributed by atoms with Crippen LogP contribution in [0.1, 0.15) is 10.4 Å². The summed E-state index contributed by atoms with van der Waals surface area (Å²) in [7, 11) is 0. The number of rotatable bonds is 9. The Kier molecular flexibility index (Phi) is 8.43. The lowest BCUT2D eigenvalue weighted by molar-refractivity contribution is -0.451. The smallest absolute Gasteiger partial charge is 0.460 e. The summed E-state index contributed by atoms with van der Waals surface area (Å²) >= 11 is 0. The molecule has 0 spiro atoms. The van der Waals surface area contributed by atoms with Gasteiger partial charge in [0.2, 0.25) is 17.4 Å². The topological polar surface area (TPSA) is 46.5 Å². The van der Waals surface area contributed by atoms with Crippen molar-refractivity contribution in [1.82, 2.24) is 0 Å². The number of benzene rings is 1. The molecule has 1 aromatic carbocycles. The first-order chi connectivity index (χ1) is 17.4. The van der Waals surface area contributed by atoms with Crippen LogP contribution in [0.2, 0.25) is 0 Å². The fourth-order valence-corrected chi connectivity index (χ4v) is 2.25. The molecule has 24 heteroatoms. The molecular weight excluding hydrogens is 639 g/mol. The Morgan fingerprint density at radius 2 is 0.925 bits per heavy atom. The van der Waals surface area contributed by atoms with Crippen molar-refractivity contribution < 1.29 is 107 Å². The van der Waals surface area contributed by atoms with Crippen molar-refractivity contribution in [3.63, 3.8) is 0 Å². The van der Waals surface area contributed by atoms with Crippen LogP contribution in [0.15, 0.2) is 11.8 Å². The van der Waals surface area contributed by atoms with E-state index in [9.17, 15) is 97.0 Å². The Morgan fingerprint density at radius 3 is 1.30 bits per heavy atom. The van der Waals surface area contributed by atoms with E-state index in [0.29, 0.717) is 0 Å². The first-order valence-electron chi connectivity index (χ1n) is 8.55. The van der Waals surface area contributed by atoms with Gasteiger partial charge in [0.05, 0.1) is 0 Å². The highest BCUT2D eigenvalue weighted by Gasteiger charge is 2.93. The van der Waals surface area contributed by atoms with Crippen molar-refractivity contribution in [3.8, 4) is 5.75 Å². The highest BCUT2D eigenvalue weighted by molar-refractivity contribution is 5.89. The standard InChI is InChI=1S/C16HF21O3/c17-2-1(9(38)39)3(18)6(5(20)4(2)19)40-8(22)7(21)10(23,24)11(25,26)12(27,28)13(29,30)14(31,32)15(33,34)16(35,36)37/h(H,38,39). The molecule has 1 aromatic rings. The van der Waals surface area contributed by atoms with Gasteiger partial charge < -0.3 is 9.84 Å². The van der Waals surface area contributed by atoms with E-state index in [1.54, 1.807) is 0 Å². The van der Waals surface area contributed by atoms with E-state index in [1.165, 1.54) is 0 Å². The van der Waals surface area contributed by atoms with Gasteiger partial charge in [-0.25, -0.2) is 18.0 Å². The molecule has 0 atom stereocenters. The number of hydrogen-bond donors (Lipinski definition) is 1. The average Bonchev–Trinajstić information content (AvgIpc) is 2.78. The van der Waals surface area contributed by atoms with E-state index in [2.05, 4.69) is 4.74 Å². The predicted octanol–water partition coefficient (Wildman–Crippen LogP) is 7.80. The molecule has 0 amide bonds. The minimum Gasteiger partial charge on any atom is -0.477 e. The molecular formula is C16HF21O3. The molecule has 0 bridgehead atoms. The minimum atomic E-state index is -8.90. The molecule has 0 saturated heterocycles. The van der Waals surface area contributed by atoms with Crippen LogP contribution in [0.4, 0.5) is 92.2 Å². The molecule has 1 rings (SSSR count). The summed E-state index contributed by atoms with van der Waals surface area (Å²) in [6.45, 7) is 0. The second-order valence-corrected chi connectivity index (χ2v) is 6.90. The molecule has 1 N–H and O–H groups in total. The quantitative estimate of drug-likeness (QED) is 0.130. The zero-order chi connectivity index (χ0) is 32.4. The molecule has 0 unspecified atom stereocenters. The summed E-state index contributed by atoms with van der Waals surface area (Å²) in [5.74, 6) is -75.6. The van der Waals surface area contributed by atoms with Crippen LogP contribution in [-0.4, -0.2) is 52.8 Å². The zero-order valence-corrected chi connectivity index (χ0v) is 17.2. The maximum atomic E-state index is 13.8. The predicted molar refractivity (Wildman–Crippen MR) is 78.8 cm³/mol. The molecule has 40 heavy (non-hydrogen) atoms. The third kappa shape index (κ3) is 4.60. The van der Waals surface area contributed by atoms with Gasteiger partial charge in [-0.3, -0.25) is 0 Å². The number of hydrogen-bond acceptors (Lipinski definition) is 2. The Balaban J connectivity index is 3.80. The Labute approximate surface area is 202 Å².